The van der Waals surface area contributed by atoms with Gasteiger partial charge in [0.25, 0.3) is 5.91 Å². The molecule has 0 aliphatic carbocycles. The molecule has 1 aromatic heterocycles. The molecule has 1 aromatic carbocycles. The first-order chi connectivity index (χ1) is 11.6. The van der Waals surface area contributed by atoms with Crippen molar-refractivity contribution in [3.8, 4) is 11.5 Å². The van der Waals surface area contributed by atoms with Crippen LogP contribution >= 0.6 is 0 Å². The topological polar surface area (TPSA) is 91.4 Å². The van der Waals surface area contributed by atoms with Crippen molar-refractivity contribution in [3.05, 3.63) is 41.7 Å². The Balaban J connectivity index is 2.15. The Morgan fingerprint density at radius 1 is 1.38 bits per heavy atom. The van der Waals surface area contributed by atoms with Gasteiger partial charge in [-0.1, -0.05) is 6.92 Å². The summed E-state index contributed by atoms with van der Waals surface area (Å²) in [5, 5.41) is 7.18. The molecule has 24 heavy (non-hydrogen) atoms. The van der Waals surface area contributed by atoms with Crippen molar-refractivity contribution in [1.29, 1.82) is 0 Å². The molecule has 0 saturated carbocycles. The van der Waals surface area contributed by atoms with E-state index in [4.69, 9.17) is 15.2 Å². The number of hydrogen-bond donors (Lipinski definition) is 2. The largest absolute Gasteiger partial charge is 0.493 e. The van der Waals surface area contributed by atoms with Crippen molar-refractivity contribution in [3.63, 3.8) is 0 Å². The van der Waals surface area contributed by atoms with Gasteiger partial charge in [-0.05, 0) is 30.7 Å². The molecule has 0 fully saturated rings. The normalized spacial score (nSPS) is 11.8. The Bertz CT molecular complexity index is 684. The second kappa shape index (κ2) is 8.35. The van der Waals surface area contributed by atoms with E-state index >= 15 is 0 Å². The summed E-state index contributed by atoms with van der Waals surface area (Å²) in [7, 11) is 3.40. The number of benzene rings is 1. The van der Waals surface area contributed by atoms with Crippen LogP contribution in [0.15, 0.2) is 30.5 Å². The fraction of sp³-hybridized carbons (Fsp3) is 0.412. The van der Waals surface area contributed by atoms with Gasteiger partial charge in [-0.3, -0.25) is 9.48 Å². The molecule has 1 amide bonds. The van der Waals surface area contributed by atoms with Gasteiger partial charge in [0.1, 0.15) is 6.61 Å². The Labute approximate surface area is 141 Å². The van der Waals surface area contributed by atoms with E-state index in [1.807, 2.05) is 20.0 Å². The van der Waals surface area contributed by atoms with Gasteiger partial charge in [-0.15, -0.1) is 0 Å². The molecular weight excluding hydrogens is 308 g/mol. The van der Waals surface area contributed by atoms with Gasteiger partial charge in [0, 0.05) is 25.4 Å². The Morgan fingerprint density at radius 2 is 2.17 bits per heavy atom. The maximum atomic E-state index is 12.6. The first-order valence-corrected chi connectivity index (χ1v) is 7.90. The highest BCUT2D eigenvalue weighted by Crippen LogP contribution is 2.28. The third-order valence-corrected chi connectivity index (χ3v) is 3.73. The van der Waals surface area contributed by atoms with Crippen molar-refractivity contribution in [1.82, 2.24) is 15.1 Å². The van der Waals surface area contributed by atoms with E-state index in [1.165, 1.54) is 7.11 Å². The number of methoxy groups -OCH3 is 1. The number of nitrogens with zero attached hydrogens (tertiary/aromatic N) is 2. The molecule has 7 nitrogen and oxygen atoms in total. The number of carbonyl (C=O) groups is 1. The van der Waals surface area contributed by atoms with E-state index < -0.39 is 0 Å². The highest BCUT2D eigenvalue weighted by atomic mass is 16.5. The zero-order chi connectivity index (χ0) is 17.5. The first-order valence-electron chi connectivity index (χ1n) is 7.90. The van der Waals surface area contributed by atoms with Crippen molar-refractivity contribution in [2.75, 3.05) is 20.3 Å². The average molecular weight is 332 g/mol. The van der Waals surface area contributed by atoms with E-state index in [-0.39, 0.29) is 11.9 Å². The molecule has 130 valence electrons. The highest BCUT2D eigenvalue weighted by Gasteiger charge is 2.18. The lowest BCUT2D eigenvalue weighted by Gasteiger charge is -2.18. The minimum absolute atomic E-state index is 0.107. The van der Waals surface area contributed by atoms with E-state index in [0.29, 0.717) is 30.2 Å². The summed E-state index contributed by atoms with van der Waals surface area (Å²) in [6.07, 6.45) is 2.48. The van der Waals surface area contributed by atoms with Gasteiger partial charge >= 0.3 is 0 Å². The second-order valence-corrected chi connectivity index (χ2v) is 5.32. The summed E-state index contributed by atoms with van der Waals surface area (Å²) in [6, 6.07) is 6.88. The quantitative estimate of drug-likeness (QED) is 0.767. The standard InChI is InChI=1S/C17H24N4O3/c1-4-13(14-7-9-19-21(14)2)20-17(22)12-5-6-15(24-10-8-18)16(11-12)23-3/h5-7,9,11,13H,4,8,10,18H2,1-3H3,(H,20,22)/t13-/m1/s1. The lowest BCUT2D eigenvalue weighted by Crippen LogP contribution is -2.29. The fourth-order valence-corrected chi connectivity index (χ4v) is 2.45. The maximum Gasteiger partial charge on any atom is 0.251 e. The highest BCUT2D eigenvalue weighted by molar-refractivity contribution is 5.95. The van der Waals surface area contributed by atoms with Crippen molar-refractivity contribution < 1.29 is 14.3 Å². The molecule has 7 heteroatoms. The third kappa shape index (κ3) is 4.05. The molecule has 2 rings (SSSR count). The fourth-order valence-electron chi connectivity index (χ4n) is 2.45. The number of rotatable bonds is 8. The van der Waals surface area contributed by atoms with Gasteiger partial charge in [0.15, 0.2) is 11.5 Å². The van der Waals surface area contributed by atoms with Gasteiger partial charge in [0.2, 0.25) is 0 Å². The van der Waals surface area contributed by atoms with Crippen LogP contribution in [0.1, 0.15) is 35.4 Å². The first kappa shape index (κ1) is 17.8. The van der Waals surface area contributed by atoms with E-state index in [1.54, 1.807) is 29.1 Å². The van der Waals surface area contributed by atoms with E-state index in [0.717, 1.165) is 12.1 Å². The zero-order valence-corrected chi connectivity index (χ0v) is 14.3. The molecular formula is C17H24N4O3. The number of nitrogens with one attached hydrogen (secondary N) is 1. The number of nitrogens with two attached hydrogens (primary N) is 1. The predicted molar refractivity (Wildman–Crippen MR) is 91.2 cm³/mol. The van der Waals surface area contributed by atoms with Crippen LogP contribution in [0.25, 0.3) is 0 Å². The Morgan fingerprint density at radius 3 is 2.75 bits per heavy atom. The summed E-state index contributed by atoms with van der Waals surface area (Å²) in [5.74, 6) is 0.898. The van der Waals surface area contributed by atoms with Crippen molar-refractivity contribution in [2.24, 2.45) is 12.8 Å². The molecule has 2 aromatic rings. The summed E-state index contributed by atoms with van der Waals surface area (Å²) in [4.78, 5) is 12.6. The maximum absolute atomic E-state index is 12.6. The Hall–Kier alpha value is -2.54. The molecule has 0 saturated heterocycles. The number of amides is 1. The van der Waals surface area contributed by atoms with E-state index in [9.17, 15) is 4.79 Å². The van der Waals surface area contributed by atoms with Crippen molar-refractivity contribution >= 4 is 5.91 Å². The summed E-state index contributed by atoms with van der Waals surface area (Å²) in [6.45, 7) is 2.82. The lowest BCUT2D eigenvalue weighted by atomic mass is 10.1. The SMILES string of the molecule is CC[C@@H](NC(=O)c1ccc(OCCN)c(OC)c1)c1ccnn1C. The van der Waals surface area contributed by atoms with Gasteiger partial charge in [-0.25, -0.2) is 0 Å². The molecule has 0 unspecified atom stereocenters. The van der Waals surface area contributed by atoms with Crippen LogP contribution in [-0.2, 0) is 7.05 Å². The predicted octanol–water partition coefficient (Wildman–Crippen LogP) is 1.65. The molecule has 0 aliphatic heterocycles. The molecule has 0 radical (unpaired) electrons. The average Bonchev–Trinajstić information content (AvgIpc) is 3.03. The summed E-state index contributed by atoms with van der Waals surface area (Å²) >= 11 is 0. The van der Waals surface area contributed by atoms with Crippen LogP contribution < -0.4 is 20.5 Å². The molecule has 0 bridgehead atoms. The summed E-state index contributed by atoms with van der Waals surface area (Å²) in [5.41, 5.74) is 6.90. The van der Waals surface area contributed by atoms with Gasteiger partial charge in [-0.2, -0.15) is 5.10 Å². The van der Waals surface area contributed by atoms with Gasteiger partial charge < -0.3 is 20.5 Å². The third-order valence-electron chi connectivity index (χ3n) is 3.73. The molecule has 1 atom stereocenters. The number of aromatic nitrogens is 2. The molecule has 3 N–H and O–H groups in total. The van der Waals surface area contributed by atoms with Crippen LogP contribution in [0.2, 0.25) is 0 Å². The van der Waals surface area contributed by atoms with Crippen LogP contribution in [0.3, 0.4) is 0 Å². The van der Waals surface area contributed by atoms with Crippen LogP contribution in [-0.4, -0.2) is 35.9 Å². The van der Waals surface area contributed by atoms with Crippen LogP contribution in [0.4, 0.5) is 0 Å². The summed E-state index contributed by atoms with van der Waals surface area (Å²) < 4.78 is 12.6. The smallest absolute Gasteiger partial charge is 0.251 e. The Kier molecular flexibility index (Phi) is 6.20. The van der Waals surface area contributed by atoms with Crippen LogP contribution in [0, 0.1) is 0 Å². The number of carbonyl (C=O) groups excluding carboxylic acids is 1. The zero-order valence-electron chi connectivity index (χ0n) is 14.3. The monoisotopic (exact) mass is 332 g/mol. The minimum Gasteiger partial charge on any atom is -0.493 e. The lowest BCUT2D eigenvalue weighted by molar-refractivity contribution is 0.0933. The second-order valence-electron chi connectivity index (χ2n) is 5.32. The van der Waals surface area contributed by atoms with E-state index in [2.05, 4.69) is 10.4 Å². The molecule has 0 spiro atoms. The van der Waals surface area contributed by atoms with Gasteiger partial charge in [0.05, 0.1) is 18.8 Å². The van der Waals surface area contributed by atoms with Crippen LogP contribution in [0.5, 0.6) is 11.5 Å². The number of ether oxygens (including phenoxy) is 2. The molecule has 0 aliphatic rings. The number of hydrogen-bond acceptors (Lipinski definition) is 5. The van der Waals surface area contributed by atoms with Crippen molar-refractivity contribution in [2.45, 2.75) is 19.4 Å². The molecule has 1 heterocycles. The number of aryl methyl sites for hydroxylation is 1. The minimum atomic E-state index is -0.174.